The van der Waals surface area contributed by atoms with E-state index in [4.69, 9.17) is 4.74 Å². The van der Waals surface area contributed by atoms with Crippen LogP contribution in [-0.4, -0.2) is 77.6 Å². The highest BCUT2D eigenvalue weighted by Crippen LogP contribution is 2.47. The predicted molar refractivity (Wildman–Crippen MR) is 193 cm³/mol. The van der Waals surface area contributed by atoms with Gasteiger partial charge in [0.05, 0.1) is 30.0 Å². The number of ether oxygens (including phenoxy) is 1. The number of carbonyl (C=O) groups excluding carboxylic acids is 4. The minimum absolute atomic E-state index is 0.0114. The van der Waals surface area contributed by atoms with Crippen molar-refractivity contribution in [2.45, 2.75) is 115 Å². The summed E-state index contributed by atoms with van der Waals surface area (Å²) in [7, 11) is -3.89. The van der Waals surface area contributed by atoms with Crippen molar-refractivity contribution in [1.29, 1.82) is 5.26 Å². The maximum atomic E-state index is 14.6. The molecule has 0 radical (unpaired) electrons. The molecule has 4 aliphatic rings. The number of benzene rings is 2. The van der Waals surface area contributed by atoms with Gasteiger partial charge in [-0.2, -0.15) is 5.26 Å². The van der Waals surface area contributed by atoms with E-state index in [2.05, 4.69) is 21.4 Å². The third-order valence-corrected chi connectivity index (χ3v) is 12.7. The summed E-state index contributed by atoms with van der Waals surface area (Å²) in [6, 6.07) is 10.0. The van der Waals surface area contributed by atoms with Gasteiger partial charge in [0.15, 0.2) is 0 Å². The van der Waals surface area contributed by atoms with E-state index in [-0.39, 0.29) is 38.4 Å². The first-order chi connectivity index (χ1) is 25.0. The van der Waals surface area contributed by atoms with Crippen molar-refractivity contribution in [3.63, 3.8) is 0 Å². The van der Waals surface area contributed by atoms with Crippen molar-refractivity contribution < 1.29 is 36.7 Å². The molecule has 2 aliphatic carbocycles. The first kappa shape index (κ1) is 38.0. The van der Waals surface area contributed by atoms with Crippen LogP contribution in [0.3, 0.4) is 0 Å². The SMILES string of the molecule is CCc1ccc(NC(C(=O)N2CC(OC(=O)N3Cc4cccc(F)c4C3)CC2C(=O)NC2(C(=O)NS(=O)(=O)C3CC3)CC2CC)C(C)(C)C)cc1C#N. The molecule has 3 fully saturated rings. The molecule has 0 spiro atoms. The molecule has 0 aromatic heterocycles. The summed E-state index contributed by atoms with van der Waals surface area (Å²) in [4.78, 5) is 58.5. The van der Waals surface area contributed by atoms with Crippen molar-refractivity contribution >= 4 is 39.5 Å². The van der Waals surface area contributed by atoms with E-state index < -0.39 is 74.0 Å². The van der Waals surface area contributed by atoms with Crippen LogP contribution in [0.1, 0.15) is 89.0 Å². The van der Waals surface area contributed by atoms with Gasteiger partial charge in [0.25, 0.3) is 5.91 Å². The van der Waals surface area contributed by atoms with E-state index in [9.17, 15) is 37.2 Å². The summed E-state index contributed by atoms with van der Waals surface area (Å²) in [5, 5.41) is 15.2. The molecule has 2 aliphatic heterocycles. The Kier molecular flexibility index (Phi) is 10.2. The van der Waals surface area contributed by atoms with Gasteiger partial charge in [-0.05, 0) is 66.3 Å². The van der Waals surface area contributed by atoms with Gasteiger partial charge in [-0.1, -0.05) is 59.2 Å². The highest BCUT2D eigenvalue weighted by atomic mass is 32.2. The maximum Gasteiger partial charge on any atom is 0.410 e. The van der Waals surface area contributed by atoms with Crippen LogP contribution in [0, 0.1) is 28.5 Å². The predicted octanol–water partition coefficient (Wildman–Crippen LogP) is 4.10. The Morgan fingerprint density at radius 2 is 1.85 bits per heavy atom. The number of halogens is 1. The van der Waals surface area contributed by atoms with Gasteiger partial charge in [0.1, 0.15) is 29.5 Å². The average molecular weight is 751 g/mol. The zero-order chi connectivity index (χ0) is 38.5. The van der Waals surface area contributed by atoms with Crippen LogP contribution < -0.4 is 15.4 Å². The van der Waals surface area contributed by atoms with Crippen molar-refractivity contribution in [1.82, 2.24) is 19.8 Å². The number of nitrogens with zero attached hydrogens (tertiary/aromatic N) is 3. The number of rotatable bonds is 11. The average Bonchev–Trinajstić information content (AvgIpc) is 4.00. The molecule has 2 aromatic carbocycles. The Bertz CT molecular complexity index is 1970. The van der Waals surface area contributed by atoms with Gasteiger partial charge < -0.3 is 20.3 Å². The molecule has 1 saturated heterocycles. The fraction of sp³-hybridized carbons (Fsp3) is 0.553. The number of anilines is 1. The zero-order valence-corrected chi connectivity index (χ0v) is 31.5. The Hall–Kier alpha value is -4.71. The van der Waals surface area contributed by atoms with Crippen LogP contribution >= 0.6 is 0 Å². The molecule has 284 valence electrons. The highest BCUT2D eigenvalue weighted by Gasteiger charge is 2.62. The number of aryl methyl sites for hydroxylation is 1. The van der Waals surface area contributed by atoms with E-state index in [0.29, 0.717) is 48.1 Å². The first-order valence-electron chi connectivity index (χ1n) is 18.2. The number of hydrogen-bond donors (Lipinski definition) is 3. The first-order valence-corrected chi connectivity index (χ1v) is 19.8. The van der Waals surface area contributed by atoms with Crippen LogP contribution in [0.5, 0.6) is 0 Å². The summed E-state index contributed by atoms with van der Waals surface area (Å²) in [6.07, 6.45) is 0.563. The molecule has 2 heterocycles. The van der Waals surface area contributed by atoms with E-state index in [1.165, 1.54) is 15.9 Å². The molecule has 3 N–H and O–H groups in total. The van der Waals surface area contributed by atoms with Gasteiger partial charge in [-0.3, -0.25) is 24.0 Å². The van der Waals surface area contributed by atoms with Gasteiger partial charge in [0.2, 0.25) is 21.8 Å². The van der Waals surface area contributed by atoms with Crippen LogP contribution in [0.2, 0.25) is 0 Å². The van der Waals surface area contributed by atoms with Gasteiger partial charge in [-0.25, -0.2) is 17.6 Å². The van der Waals surface area contributed by atoms with Crippen LogP contribution in [0.25, 0.3) is 0 Å². The maximum absolute atomic E-state index is 14.6. The lowest BCUT2D eigenvalue weighted by Crippen LogP contribution is -2.58. The molecular formula is C38H47FN6O7S. The molecule has 2 saturated carbocycles. The van der Waals surface area contributed by atoms with Crippen molar-refractivity contribution in [3.8, 4) is 6.07 Å². The Balaban J connectivity index is 1.26. The quantitative estimate of drug-likeness (QED) is 0.305. The van der Waals surface area contributed by atoms with E-state index in [0.717, 1.165) is 5.56 Å². The molecule has 6 rings (SSSR count). The summed E-state index contributed by atoms with van der Waals surface area (Å²) in [5.41, 5.74) is 0.736. The normalized spacial score (nSPS) is 24.1. The number of fused-ring (bicyclic) bond motifs is 1. The molecule has 4 amide bonds. The number of nitriles is 1. The summed E-state index contributed by atoms with van der Waals surface area (Å²) in [6.45, 7) is 9.37. The van der Waals surface area contributed by atoms with Gasteiger partial charge in [0, 0.05) is 24.2 Å². The van der Waals surface area contributed by atoms with E-state index in [1.54, 1.807) is 24.3 Å². The molecule has 5 unspecified atom stereocenters. The van der Waals surface area contributed by atoms with Crippen molar-refractivity contribution in [3.05, 3.63) is 64.5 Å². The zero-order valence-electron chi connectivity index (χ0n) is 30.7. The topological polar surface area (TPSA) is 178 Å². The summed E-state index contributed by atoms with van der Waals surface area (Å²) < 4.78 is 47.9. The lowest BCUT2D eigenvalue weighted by atomic mass is 9.85. The second-order valence-corrected chi connectivity index (χ2v) is 17.7. The highest BCUT2D eigenvalue weighted by molar-refractivity contribution is 7.91. The molecule has 5 atom stereocenters. The molecule has 0 bridgehead atoms. The van der Waals surface area contributed by atoms with Gasteiger partial charge in [-0.15, -0.1) is 0 Å². The number of nitrogens with one attached hydrogen (secondary N) is 3. The Labute approximate surface area is 309 Å². The van der Waals surface area contributed by atoms with Crippen LogP contribution in [-0.2, 0) is 48.7 Å². The van der Waals surface area contributed by atoms with Gasteiger partial charge >= 0.3 is 6.09 Å². The molecule has 13 nitrogen and oxygen atoms in total. The molecule has 15 heteroatoms. The smallest absolute Gasteiger partial charge is 0.410 e. The number of sulfonamides is 1. The largest absolute Gasteiger partial charge is 0.444 e. The minimum atomic E-state index is -3.89. The summed E-state index contributed by atoms with van der Waals surface area (Å²) >= 11 is 0. The fourth-order valence-corrected chi connectivity index (χ4v) is 8.82. The lowest BCUT2D eigenvalue weighted by molar-refractivity contribution is -0.141. The Morgan fingerprint density at radius 1 is 1.11 bits per heavy atom. The fourth-order valence-electron chi connectivity index (χ4n) is 7.46. The van der Waals surface area contributed by atoms with E-state index in [1.807, 2.05) is 40.7 Å². The standard InChI is InChI=1S/C38H47FN6O7S/c1-6-22-11-12-26(15-24(22)18-40)41-32(37(3,4)5)34(47)45-20-27(52-36(49)44-19-23-9-8-10-30(39)29(23)21-44)16-31(45)33(46)42-38(17-25(38)7-2)35(48)43-53(50,51)28-13-14-28/h8-12,15,25,27-28,31-32,41H,6-7,13-14,16-17,19-21H2,1-5H3,(H,42,46)(H,43,48). The lowest BCUT2D eigenvalue weighted by Gasteiger charge is -2.36. The molecule has 53 heavy (non-hydrogen) atoms. The second-order valence-electron chi connectivity index (χ2n) is 15.7. The monoisotopic (exact) mass is 750 g/mol. The van der Waals surface area contributed by atoms with Crippen molar-refractivity contribution in [2.24, 2.45) is 11.3 Å². The van der Waals surface area contributed by atoms with Crippen LogP contribution in [0.4, 0.5) is 14.9 Å². The number of carbonyl (C=O) groups is 4. The number of hydrogen-bond acceptors (Lipinski definition) is 9. The number of amides is 4. The third kappa shape index (κ3) is 7.69. The molecular weight excluding hydrogens is 704 g/mol. The Morgan fingerprint density at radius 3 is 2.45 bits per heavy atom. The summed E-state index contributed by atoms with van der Waals surface area (Å²) in [5.74, 6) is -2.69. The minimum Gasteiger partial charge on any atom is -0.444 e. The van der Waals surface area contributed by atoms with Crippen LogP contribution in [0.15, 0.2) is 36.4 Å². The van der Waals surface area contributed by atoms with Crippen molar-refractivity contribution in [2.75, 3.05) is 11.9 Å². The van der Waals surface area contributed by atoms with E-state index >= 15 is 0 Å². The molecule has 2 aromatic rings. The number of likely N-dealkylation sites (tertiary alicyclic amines) is 1. The second kappa shape index (κ2) is 14.3. The third-order valence-electron chi connectivity index (χ3n) is 10.9.